The minimum atomic E-state index is 0.508. The van der Waals surface area contributed by atoms with Gasteiger partial charge in [-0.2, -0.15) is 0 Å². The molecular weight excluding hydrogens is 248 g/mol. The number of hydrogen-bond acceptors (Lipinski definition) is 4. The first-order valence-electron chi connectivity index (χ1n) is 7.84. The number of nitrogens with zero attached hydrogens (tertiary/aromatic N) is 2. The number of rotatable bonds is 5. The number of aryl methyl sites for hydroxylation is 1. The van der Waals surface area contributed by atoms with Crippen molar-refractivity contribution in [2.24, 2.45) is 5.41 Å². The zero-order valence-electron chi connectivity index (χ0n) is 13.3. The van der Waals surface area contributed by atoms with E-state index in [9.17, 15) is 0 Å². The summed E-state index contributed by atoms with van der Waals surface area (Å²) in [5.41, 5.74) is 0.508. The molecule has 4 heteroatoms. The summed E-state index contributed by atoms with van der Waals surface area (Å²) in [6.45, 7) is 9.79. The maximum absolute atomic E-state index is 4.51. The van der Waals surface area contributed by atoms with Crippen LogP contribution in [0.5, 0.6) is 0 Å². The Balaban J connectivity index is 1.97. The third kappa shape index (κ3) is 4.36. The van der Waals surface area contributed by atoms with Crippen molar-refractivity contribution < 1.29 is 0 Å². The Bertz CT molecular complexity index is 432. The zero-order chi connectivity index (χ0) is 14.6. The molecule has 0 amide bonds. The Kier molecular flexibility index (Phi) is 4.84. The van der Waals surface area contributed by atoms with E-state index in [0.717, 1.165) is 30.4 Å². The average Bonchev–Trinajstić information content (AvgIpc) is 2.38. The van der Waals surface area contributed by atoms with Crippen LogP contribution >= 0.6 is 0 Å². The molecule has 0 atom stereocenters. The molecular formula is C16H28N4. The van der Waals surface area contributed by atoms with E-state index in [-0.39, 0.29) is 0 Å². The van der Waals surface area contributed by atoms with Gasteiger partial charge in [0.1, 0.15) is 17.5 Å². The van der Waals surface area contributed by atoms with Gasteiger partial charge in [-0.1, -0.05) is 20.8 Å². The van der Waals surface area contributed by atoms with Gasteiger partial charge < -0.3 is 10.6 Å². The standard InChI is InChI=1S/C16H28N4/c1-5-10-17-14-11-15(19-12(2)18-14)20-13-6-8-16(3,4)9-7-13/h11,13H,5-10H2,1-4H3,(H2,17,18,19,20). The normalized spacial score (nSPS) is 18.8. The van der Waals surface area contributed by atoms with Crippen LogP contribution in [0.15, 0.2) is 6.07 Å². The molecule has 20 heavy (non-hydrogen) atoms. The summed E-state index contributed by atoms with van der Waals surface area (Å²) in [4.78, 5) is 8.94. The summed E-state index contributed by atoms with van der Waals surface area (Å²) in [6.07, 6.45) is 6.14. The first kappa shape index (κ1) is 15.1. The quantitative estimate of drug-likeness (QED) is 0.854. The topological polar surface area (TPSA) is 49.8 Å². The van der Waals surface area contributed by atoms with Gasteiger partial charge in [0.25, 0.3) is 0 Å². The van der Waals surface area contributed by atoms with E-state index in [0.29, 0.717) is 11.5 Å². The van der Waals surface area contributed by atoms with E-state index in [1.54, 1.807) is 0 Å². The number of aromatic nitrogens is 2. The van der Waals surface area contributed by atoms with Gasteiger partial charge in [0.15, 0.2) is 0 Å². The van der Waals surface area contributed by atoms with Crippen molar-refractivity contribution in [3.63, 3.8) is 0 Å². The van der Waals surface area contributed by atoms with Crippen molar-refractivity contribution >= 4 is 11.6 Å². The lowest BCUT2D eigenvalue weighted by molar-refractivity contribution is 0.232. The zero-order valence-corrected chi connectivity index (χ0v) is 13.3. The van der Waals surface area contributed by atoms with Crippen molar-refractivity contribution in [2.45, 2.75) is 65.8 Å². The largest absolute Gasteiger partial charge is 0.370 e. The van der Waals surface area contributed by atoms with Crippen molar-refractivity contribution in [3.8, 4) is 0 Å². The fraction of sp³-hybridized carbons (Fsp3) is 0.750. The second-order valence-corrected chi connectivity index (χ2v) is 6.70. The molecule has 0 aliphatic heterocycles. The Morgan fingerprint density at radius 3 is 2.50 bits per heavy atom. The smallest absolute Gasteiger partial charge is 0.132 e. The van der Waals surface area contributed by atoms with Gasteiger partial charge in [0.2, 0.25) is 0 Å². The summed E-state index contributed by atoms with van der Waals surface area (Å²) >= 11 is 0. The van der Waals surface area contributed by atoms with Crippen LogP contribution in [0.4, 0.5) is 11.6 Å². The van der Waals surface area contributed by atoms with E-state index >= 15 is 0 Å². The first-order chi connectivity index (χ1) is 9.48. The SMILES string of the molecule is CCCNc1cc(NC2CCC(C)(C)CC2)nc(C)n1. The molecule has 0 aromatic carbocycles. The number of nitrogens with one attached hydrogen (secondary N) is 2. The number of hydrogen-bond donors (Lipinski definition) is 2. The van der Waals surface area contributed by atoms with E-state index in [4.69, 9.17) is 0 Å². The lowest BCUT2D eigenvalue weighted by atomic mass is 9.75. The van der Waals surface area contributed by atoms with Crippen LogP contribution in [-0.4, -0.2) is 22.6 Å². The Labute approximate surface area is 122 Å². The van der Waals surface area contributed by atoms with Crippen LogP contribution in [0.3, 0.4) is 0 Å². The summed E-state index contributed by atoms with van der Waals surface area (Å²) in [5, 5.41) is 6.92. The molecule has 1 aromatic heterocycles. The van der Waals surface area contributed by atoms with Gasteiger partial charge >= 0.3 is 0 Å². The monoisotopic (exact) mass is 276 g/mol. The van der Waals surface area contributed by atoms with E-state index in [2.05, 4.69) is 41.4 Å². The highest BCUT2D eigenvalue weighted by Crippen LogP contribution is 2.36. The molecule has 0 bridgehead atoms. The van der Waals surface area contributed by atoms with Gasteiger partial charge in [-0.05, 0) is 44.4 Å². The highest BCUT2D eigenvalue weighted by atomic mass is 15.1. The molecule has 1 heterocycles. The van der Waals surface area contributed by atoms with E-state index in [1.807, 2.05) is 13.0 Å². The van der Waals surface area contributed by atoms with Crippen molar-refractivity contribution in [3.05, 3.63) is 11.9 Å². The van der Waals surface area contributed by atoms with Crippen LogP contribution < -0.4 is 10.6 Å². The van der Waals surface area contributed by atoms with Crippen molar-refractivity contribution in [1.82, 2.24) is 9.97 Å². The molecule has 1 aliphatic rings. The molecule has 2 N–H and O–H groups in total. The van der Waals surface area contributed by atoms with Gasteiger partial charge in [0.05, 0.1) is 0 Å². The fourth-order valence-electron chi connectivity index (χ4n) is 2.74. The third-order valence-corrected chi connectivity index (χ3v) is 4.09. The van der Waals surface area contributed by atoms with Crippen molar-refractivity contribution in [2.75, 3.05) is 17.2 Å². The second kappa shape index (κ2) is 6.42. The van der Waals surface area contributed by atoms with Gasteiger partial charge in [-0.15, -0.1) is 0 Å². The van der Waals surface area contributed by atoms with Crippen LogP contribution in [0.25, 0.3) is 0 Å². The molecule has 0 unspecified atom stereocenters. The molecule has 1 aromatic rings. The second-order valence-electron chi connectivity index (χ2n) is 6.70. The average molecular weight is 276 g/mol. The first-order valence-corrected chi connectivity index (χ1v) is 7.84. The summed E-state index contributed by atoms with van der Waals surface area (Å²) in [5.74, 6) is 2.71. The molecule has 1 fully saturated rings. The molecule has 1 saturated carbocycles. The van der Waals surface area contributed by atoms with Crippen LogP contribution in [0.2, 0.25) is 0 Å². The van der Waals surface area contributed by atoms with Gasteiger partial charge in [-0.25, -0.2) is 9.97 Å². The molecule has 112 valence electrons. The van der Waals surface area contributed by atoms with Gasteiger partial charge in [0, 0.05) is 18.7 Å². The number of anilines is 2. The Morgan fingerprint density at radius 2 is 1.85 bits per heavy atom. The summed E-state index contributed by atoms with van der Waals surface area (Å²) in [6, 6.07) is 2.58. The predicted octanol–water partition coefficient (Wildman–Crippen LogP) is 3.99. The highest BCUT2D eigenvalue weighted by Gasteiger charge is 2.26. The fourth-order valence-corrected chi connectivity index (χ4v) is 2.74. The molecule has 0 radical (unpaired) electrons. The molecule has 0 spiro atoms. The van der Waals surface area contributed by atoms with Crippen LogP contribution in [0, 0.1) is 12.3 Å². The van der Waals surface area contributed by atoms with Crippen LogP contribution in [-0.2, 0) is 0 Å². The maximum atomic E-state index is 4.51. The van der Waals surface area contributed by atoms with E-state index in [1.165, 1.54) is 25.7 Å². The predicted molar refractivity (Wildman–Crippen MR) is 85.2 cm³/mol. The summed E-state index contributed by atoms with van der Waals surface area (Å²) < 4.78 is 0. The third-order valence-electron chi connectivity index (χ3n) is 4.09. The summed E-state index contributed by atoms with van der Waals surface area (Å²) in [7, 11) is 0. The molecule has 0 saturated heterocycles. The lowest BCUT2D eigenvalue weighted by Gasteiger charge is -2.34. The minimum absolute atomic E-state index is 0.508. The minimum Gasteiger partial charge on any atom is -0.370 e. The van der Waals surface area contributed by atoms with Crippen molar-refractivity contribution in [1.29, 1.82) is 0 Å². The Hall–Kier alpha value is -1.32. The van der Waals surface area contributed by atoms with E-state index < -0.39 is 0 Å². The van der Waals surface area contributed by atoms with Gasteiger partial charge in [-0.3, -0.25) is 0 Å². The molecule has 2 rings (SSSR count). The van der Waals surface area contributed by atoms with Crippen LogP contribution in [0.1, 0.15) is 58.7 Å². The Morgan fingerprint density at radius 1 is 1.20 bits per heavy atom. The lowest BCUT2D eigenvalue weighted by Crippen LogP contribution is -2.30. The molecule has 4 nitrogen and oxygen atoms in total. The highest BCUT2D eigenvalue weighted by molar-refractivity contribution is 5.48. The molecule has 1 aliphatic carbocycles. The maximum Gasteiger partial charge on any atom is 0.132 e.